The number of aromatic nitrogens is 3. The number of hydrogen-bond donors (Lipinski definition) is 4. The molecule has 0 aliphatic rings. The highest BCUT2D eigenvalue weighted by atomic mass is 19.1. The van der Waals surface area contributed by atoms with E-state index in [9.17, 15) is 9.18 Å². The number of methoxy groups -OCH3 is 1. The summed E-state index contributed by atoms with van der Waals surface area (Å²) < 4.78 is 20.7. The summed E-state index contributed by atoms with van der Waals surface area (Å²) in [5.41, 5.74) is 9.15. The number of amides is 1. The van der Waals surface area contributed by atoms with Crippen LogP contribution in [0.25, 0.3) is 0 Å². The third-order valence-electron chi connectivity index (χ3n) is 4.50. The van der Waals surface area contributed by atoms with Crippen molar-refractivity contribution < 1.29 is 13.9 Å². The zero-order chi connectivity index (χ0) is 22.4. The first-order valence-electron chi connectivity index (χ1n) is 9.26. The number of ether oxygens (including phenoxy) is 1. The summed E-state index contributed by atoms with van der Waals surface area (Å²) in [6.45, 7) is 0. The van der Waals surface area contributed by atoms with Gasteiger partial charge >= 0.3 is 0 Å². The number of rotatable bonds is 8. The maximum Gasteiger partial charge on any atom is 0.251 e. The molecule has 0 spiro atoms. The Kier molecular flexibility index (Phi) is 6.65. The Morgan fingerprint density at radius 1 is 1.26 bits per heavy atom. The lowest BCUT2D eigenvalue weighted by molar-refractivity contribution is 0.0962. The molecule has 0 aliphatic carbocycles. The fourth-order valence-electron chi connectivity index (χ4n) is 2.86. The molecule has 1 aromatic carbocycles. The number of benzene rings is 1. The number of nitrogens with zero attached hydrogens (tertiary/aromatic N) is 4. The van der Waals surface area contributed by atoms with E-state index >= 15 is 0 Å². The van der Waals surface area contributed by atoms with Gasteiger partial charge in [0.2, 0.25) is 5.95 Å². The summed E-state index contributed by atoms with van der Waals surface area (Å²) in [6, 6.07) is 6.02. The number of hydrogen-bond acceptors (Lipinski definition) is 8. The first-order valence-corrected chi connectivity index (χ1v) is 9.26. The maximum absolute atomic E-state index is 14.6. The second-order valence-corrected chi connectivity index (χ2v) is 6.52. The Labute approximate surface area is 177 Å². The average molecular weight is 424 g/mol. The highest BCUT2D eigenvalue weighted by molar-refractivity contribution is 5.94. The van der Waals surface area contributed by atoms with Gasteiger partial charge in [0.05, 0.1) is 19.0 Å². The van der Waals surface area contributed by atoms with Gasteiger partial charge in [-0.25, -0.2) is 19.0 Å². The van der Waals surface area contributed by atoms with Gasteiger partial charge in [0.1, 0.15) is 5.49 Å². The molecule has 0 saturated heterocycles. The molecule has 0 bridgehead atoms. The summed E-state index contributed by atoms with van der Waals surface area (Å²) in [5.74, 6) is -0.480. The lowest BCUT2D eigenvalue weighted by atomic mass is 10.0. The molecule has 0 radical (unpaired) electrons. The maximum atomic E-state index is 14.6. The molecule has 31 heavy (non-hydrogen) atoms. The number of halogens is 1. The van der Waals surface area contributed by atoms with E-state index in [1.165, 1.54) is 38.6 Å². The Bertz CT molecular complexity index is 1160. The molecular weight excluding hydrogens is 403 g/mol. The SMILES string of the molecule is CNC(=O)c1cc(CCc2cnc(Nc3ccc(=N)n(N=N)c3)nc2)c(F)c(OC)c1. The van der Waals surface area contributed by atoms with Crippen LogP contribution in [0.1, 0.15) is 21.5 Å². The van der Waals surface area contributed by atoms with Crippen LogP contribution >= 0.6 is 0 Å². The van der Waals surface area contributed by atoms with Crippen LogP contribution in [0.4, 0.5) is 16.0 Å². The van der Waals surface area contributed by atoms with E-state index in [2.05, 4.69) is 25.8 Å². The number of carbonyl (C=O) groups is 1. The van der Waals surface area contributed by atoms with Crippen LogP contribution in [0.3, 0.4) is 0 Å². The Balaban J connectivity index is 1.71. The van der Waals surface area contributed by atoms with Crippen molar-refractivity contribution in [3.8, 4) is 5.75 Å². The number of carbonyl (C=O) groups excluding carboxylic acids is 1. The van der Waals surface area contributed by atoms with Crippen molar-refractivity contribution in [2.24, 2.45) is 5.22 Å². The molecule has 2 aromatic heterocycles. The molecule has 0 saturated carbocycles. The van der Waals surface area contributed by atoms with Crippen LogP contribution in [-0.2, 0) is 12.8 Å². The van der Waals surface area contributed by atoms with Crippen molar-refractivity contribution in [3.63, 3.8) is 0 Å². The van der Waals surface area contributed by atoms with Gasteiger partial charge in [-0.05, 0) is 48.2 Å². The molecular formula is C20H21FN8O2. The highest BCUT2D eigenvalue weighted by Gasteiger charge is 2.15. The molecule has 3 rings (SSSR count). The third kappa shape index (κ3) is 5.07. The molecule has 10 nitrogen and oxygen atoms in total. The van der Waals surface area contributed by atoms with Gasteiger partial charge in [-0.2, -0.15) is 5.53 Å². The van der Waals surface area contributed by atoms with Crippen molar-refractivity contribution >= 4 is 17.5 Å². The van der Waals surface area contributed by atoms with E-state index in [1.54, 1.807) is 18.5 Å². The van der Waals surface area contributed by atoms with E-state index in [0.29, 0.717) is 35.6 Å². The first kappa shape index (κ1) is 21.6. The lowest BCUT2D eigenvalue weighted by Gasteiger charge is -2.11. The predicted octanol–water partition coefficient (Wildman–Crippen LogP) is 2.59. The summed E-state index contributed by atoms with van der Waals surface area (Å²) >= 11 is 0. The molecule has 0 atom stereocenters. The number of anilines is 2. The quantitative estimate of drug-likeness (QED) is 0.411. The second kappa shape index (κ2) is 9.57. The van der Waals surface area contributed by atoms with Crippen molar-refractivity contribution in [2.45, 2.75) is 12.8 Å². The second-order valence-electron chi connectivity index (χ2n) is 6.52. The molecule has 0 unspecified atom stereocenters. The molecule has 0 aliphatic heterocycles. The lowest BCUT2D eigenvalue weighted by Crippen LogP contribution is -2.18. The number of nitrogens with one attached hydrogen (secondary N) is 4. The van der Waals surface area contributed by atoms with Crippen LogP contribution in [0.5, 0.6) is 5.75 Å². The average Bonchev–Trinajstić information content (AvgIpc) is 2.80. The van der Waals surface area contributed by atoms with Crippen molar-refractivity contribution in [3.05, 3.63) is 70.9 Å². The van der Waals surface area contributed by atoms with E-state index in [0.717, 1.165) is 10.2 Å². The first-order chi connectivity index (χ1) is 14.9. The van der Waals surface area contributed by atoms with Crippen LogP contribution in [0, 0.1) is 16.8 Å². The summed E-state index contributed by atoms with van der Waals surface area (Å²) in [5, 5.41) is 16.3. The van der Waals surface area contributed by atoms with Gasteiger partial charge in [0.25, 0.3) is 5.91 Å². The van der Waals surface area contributed by atoms with Crippen molar-refractivity contribution in [1.29, 1.82) is 10.9 Å². The fourth-order valence-corrected chi connectivity index (χ4v) is 2.86. The van der Waals surface area contributed by atoms with Gasteiger partial charge in [-0.3, -0.25) is 10.2 Å². The summed E-state index contributed by atoms with van der Waals surface area (Å²) in [6.07, 6.45) is 5.51. The smallest absolute Gasteiger partial charge is 0.251 e. The van der Waals surface area contributed by atoms with Crippen LogP contribution < -0.4 is 20.9 Å². The molecule has 0 fully saturated rings. The topological polar surface area (TPSA) is 141 Å². The minimum atomic E-state index is -0.500. The Morgan fingerprint density at radius 3 is 2.65 bits per heavy atom. The monoisotopic (exact) mass is 424 g/mol. The standard InChI is InChI=1S/C20H21FN8O2/c1-24-19(30)14-7-13(18(21)16(8-14)31-2)4-3-12-9-25-20(26-10-12)27-15-5-6-17(22)29(11-15)28-23/h5-11,22-23H,3-4H2,1-2H3,(H,24,30)(H,25,26,27). The molecule has 4 N–H and O–H groups in total. The summed E-state index contributed by atoms with van der Waals surface area (Å²) in [7, 11) is 2.86. The Hall–Kier alpha value is -4.15. The van der Waals surface area contributed by atoms with E-state index in [1.807, 2.05) is 0 Å². The van der Waals surface area contributed by atoms with Crippen LogP contribution in [0.2, 0.25) is 0 Å². The highest BCUT2D eigenvalue weighted by Crippen LogP contribution is 2.24. The van der Waals surface area contributed by atoms with E-state index in [-0.39, 0.29) is 17.1 Å². The van der Waals surface area contributed by atoms with Gasteiger partial charge in [-0.15, -0.1) is 0 Å². The zero-order valence-corrected chi connectivity index (χ0v) is 16.9. The molecule has 2 heterocycles. The minimum Gasteiger partial charge on any atom is -0.494 e. The van der Waals surface area contributed by atoms with Gasteiger partial charge in [0, 0.05) is 25.0 Å². The summed E-state index contributed by atoms with van der Waals surface area (Å²) in [4.78, 5) is 20.4. The fraction of sp³-hybridized carbons (Fsp3) is 0.200. The van der Waals surface area contributed by atoms with Crippen molar-refractivity contribution in [1.82, 2.24) is 20.0 Å². The number of pyridine rings is 1. The third-order valence-corrected chi connectivity index (χ3v) is 4.50. The van der Waals surface area contributed by atoms with Gasteiger partial charge in [0.15, 0.2) is 11.6 Å². The van der Waals surface area contributed by atoms with E-state index < -0.39 is 5.82 Å². The number of aryl methyl sites for hydroxylation is 2. The molecule has 3 aromatic rings. The van der Waals surface area contributed by atoms with Gasteiger partial charge < -0.3 is 15.4 Å². The van der Waals surface area contributed by atoms with Crippen LogP contribution in [0.15, 0.2) is 48.1 Å². The van der Waals surface area contributed by atoms with E-state index in [4.69, 9.17) is 15.7 Å². The molecule has 11 heteroatoms. The largest absolute Gasteiger partial charge is 0.494 e. The molecule has 1 amide bonds. The normalized spacial score (nSPS) is 10.4. The zero-order valence-electron chi connectivity index (χ0n) is 16.9. The Morgan fingerprint density at radius 2 is 2.00 bits per heavy atom. The molecule has 160 valence electrons. The van der Waals surface area contributed by atoms with Gasteiger partial charge in [-0.1, -0.05) is 5.22 Å². The predicted molar refractivity (Wildman–Crippen MR) is 110 cm³/mol. The van der Waals surface area contributed by atoms with Crippen LogP contribution in [-0.4, -0.2) is 34.7 Å². The minimum absolute atomic E-state index is 0.0160. The van der Waals surface area contributed by atoms with Crippen molar-refractivity contribution in [2.75, 3.05) is 19.5 Å².